The Morgan fingerprint density at radius 2 is 2.16 bits per heavy atom. The van der Waals surface area contributed by atoms with Gasteiger partial charge in [-0.2, -0.15) is 0 Å². The van der Waals surface area contributed by atoms with Gasteiger partial charge in [0.2, 0.25) is 5.88 Å². The van der Waals surface area contributed by atoms with E-state index in [1.807, 2.05) is 0 Å². The van der Waals surface area contributed by atoms with Gasteiger partial charge in [0, 0.05) is 12.4 Å². The number of unbranched alkanes of at least 4 members (excludes halogenated alkanes) is 1. The minimum Gasteiger partial charge on any atom is -0.476 e. The van der Waals surface area contributed by atoms with Crippen molar-refractivity contribution in [2.45, 2.75) is 39.5 Å². The lowest BCUT2D eigenvalue weighted by Gasteiger charge is -2.15. The molecular weight excluding hydrogens is 244 g/mol. The van der Waals surface area contributed by atoms with Gasteiger partial charge in [-0.3, -0.25) is 0 Å². The minimum absolute atomic E-state index is 0.0929. The van der Waals surface area contributed by atoms with E-state index in [1.54, 1.807) is 0 Å². The zero-order valence-electron chi connectivity index (χ0n) is 11.5. The van der Waals surface area contributed by atoms with Crippen LogP contribution >= 0.6 is 0 Å². The third-order valence-electron chi connectivity index (χ3n) is 3.01. The minimum atomic E-state index is -0.0929. The zero-order valence-corrected chi connectivity index (χ0v) is 11.5. The van der Waals surface area contributed by atoms with E-state index in [2.05, 4.69) is 29.0 Å². The number of oxime groups is 1. The Bertz CT molecular complexity index is 409. The molecule has 0 saturated carbocycles. The monoisotopic (exact) mass is 266 g/mol. The summed E-state index contributed by atoms with van der Waals surface area (Å²) in [6.07, 6.45) is 7.56. The molecule has 0 amide bonds. The van der Waals surface area contributed by atoms with Crippen LogP contribution in [0.2, 0.25) is 0 Å². The van der Waals surface area contributed by atoms with E-state index in [9.17, 15) is 0 Å². The Morgan fingerprint density at radius 1 is 1.42 bits per heavy atom. The number of hydrogen-bond acceptors (Lipinski definition) is 5. The molecule has 0 bridgehead atoms. The van der Waals surface area contributed by atoms with Crippen molar-refractivity contribution in [3.8, 4) is 5.88 Å². The Morgan fingerprint density at radius 3 is 2.79 bits per heavy atom. The first-order valence-electron chi connectivity index (χ1n) is 6.64. The summed E-state index contributed by atoms with van der Waals surface area (Å²) in [5, 5.41) is 11.6. The average molecular weight is 266 g/mol. The summed E-state index contributed by atoms with van der Waals surface area (Å²) in [6.45, 7) is 4.89. The van der Waals surface area contributed by atoms with Crippen molar-refractivity contribution in [2.75, 3.05) is 6.61 Å². The molecule has 6 nitrogen and oxygen atoms in total. The van der Waals surface area contributed by atoms with Crippen molar-refractivity contribution in [1.82, 2.24) is 9.97 Å². The van der Waals surface area contributed by atoms with Crippen molar-refractivity contribution in [3.05, 3.63) is 18.1 Å². The molecule has 3 N–H and O–H groups in total. The van der Waals surface area contributed by atoms with E-state index < -0.39 is 0 Å². The maximum atomic E-state index is 8.69. The molecule has 0 radical (unpaired) electrons. The smallest absolute Gasteiger partial charge is 0.243 e. The summed E-state index contributed by atoms with van der Waals surface area (Å²) in [5.74, 6) is 0.708. The standard InChI is InChI=1S/C13H22N4O2/c1-3-5-6-10(4-2)9-19-13-11(12(14)17-18)15-7-8-16-13/h7-8,10,18H,3-6,9H2,1-2H3,(H2,14,17). The van der Waals surface area contributed by atoms with Crippen molar-refractivity contribution in [2.24, 2.45) is 16.8 Å². The fourth-order valence-corrected chi connectivity index (χ4v) is 1.75. The number of nitrogens with two attached hydrogens (primary N) is 1. The van der Waals surface area contributed by atoms with Crippen LogP contribution in [0.4, 0.5) is 0 Å². The van der Waals surface area contributed by atoms with Gasteiger partial charge in [0.05, 0.1) is 6.61 Å². The Balaban J connectivity index is 2.66. The molecule has 1 aromatic heterocycles. The van der Waals surface area contributed by atoms with Crippen LogP contribution in [0.25, 0.3) is 0 Å². The maximum absolute atomic E-state index is 8.69. The van der Waals surface area contributed by atoms with E-state index >= 15 is 0 Å². The summed E-state index contributed by atoms with van der Waals surface area (Å²) in [6, 6.07) is 0. The number of hydrogen-bond donors (Lipinski definition) is 2. The van der Waals surface area contributed by atoms with E-state index in [-0.39, 0.29) is 11.5 Å². The molecule has 0 aliphatic heterocycles. The number of rotatable bonds is 8. The lowest BCUT2D eigenvalue weighted by atomic mass is 10.0. The largest absolute Gasteiger partial charge is 0.476 e. The third-order valence-corrected chi connectivity index (χ3v) is 3.01. The van der Waals surface area contributed by atoms with Crippen molar-refractivity contribution in [1.29, 1.82) is 0 Å². The summed E-state index contributed by atoms with van der Waals surface area (Å²) in [5.41, 5.74) is 5.81. The lowest BCUT2D eigenvalue weighted by Crippen LogP contribution is -2.19. The quantitative estimate of drug-likeness (QED) is 0.325. The third kappa shape index (κ3) is 4.73. The second kappa shape index (κ2) is 8.29. The van der Waals surface area contributed by atoms with E-state index in [4.69, 9.17) is 15.7 Å². The van der Waals surface area contributed by atoms with Crippen LogP contribution in [0.5, 0.6) is 5.88 Å². The van der Waals surface area contributed by atoms with Gasteiger partial charge in [0.15, 0.2) is 11.5 Å². The molecule has 0 aromatic carbocycles. The summed E-state index contributed by atoms with van der Waals surface area (Å²) in [4.78, 5) is 8.09. The number of aromatic nitrogens is 2. The van der Waals surface area contributed by atoms with Gasteiger partial charge in [-0.1, -0.05) is 38.3 Å². The number of ether oxygens (including phenoxy) is 1. The Kier molecular flexibility index (Phi) is 6.63. The van der Waals surface area contributed by atoms with Crippen molar-refractivity contribution in [3.63, 3.8) is 0 Å². The molecule has 19 heavy (non-hydrogen) atoms. The van der Waals surface area contributed by atoms with Gasteiger partial charge in [-0.25, -0.2) is 9.97 Å². The highest BCUT2D eigenvalue weighted by Crippen LogP contribution is 2.16. The SMILES string of the molecule is CCCCC(CC)COc1nccnc1C(N)=NO. The van der Waals surface area contributed by atoms with Gasteiger partial charge in [-0.05, 0) is 12.3 Å². The lowest BCUT2D eigenvalue weighted by molar-refractivity contribution is 0.224. The second-order valence-corrected chi connectivity index (χ2v) is 4.42. The fourth-order valence-electron chi connectivity index (χ4n) is 1.75. The number of nitrogens with zero attached hydrogens (tertiary/aromatic N) is 3. The predicted octanol–water partition coefficient (Wildman–Crippen LogP) is 2.17. The van der Waals surface area contributed by atoms with Gasteiger partial charge >= 0.3 is 0 Å². The highest BCUT2D eigenvalue weighted by atomic mass is 16.5. The van der Waals surface area contributed by atoms with E-state index in [1.165, 1.54) is 25.2 Å². The van der Waals surface area contributed by atoms with Gasteiger partial charge in [0.1, 0.15) is 0 Å². The van der Waals surface area contributed by atoms with E-state index in [0.29, 0.717) is 18.4 Å². The van der Waals surface area contributed by atoms with Crippen LogP contribution in [0.15, 0.2) is 17.5 Å². The van der Waals surface area contributed by atoms with Crippen LogP contribution < -0.4 is 10.5 Å². The van der Waals surface area contributed by atoms with Gasteiger partial charge in [-0.15, -0.1) is 0 Å². The topological polar surface area (TPSA) is 93.6 Å². The summed E-state index contributed by atoms with van der Waals surface area (Å²) < 4.78 is 5.66. The summed E-state index contributed by atoms with van der Waals surface area (Å²) >= 11 is 0. The molecule has 0 aliphatic carbocycles. The highest BCUT2D eigenvalue weighted by Gasteiger charge is 2.13. The molecular formula is C13H22N4O2. The second-order valence-electron chi connectivity index (χ2n) is 4.42. The molecule has 0 saturated heterocycles. The molecule has 0 fully saturated rings. The Hall–Kier alpha value is -1.85. The summed E-state index contributed by atoms with van der Waals surface area (Å²) in [7, 11) is 0. The zero-order chi connectivity index (χ0) is 14.1. The molecule has 6 heteroatoms. The van der Waals surface area contributed by atoms with Crippen molar-refractivity contribution < 1.29 is 9.94 Å². The first kappa shape index (κ1) is 15.2. The first-order chi connectivity index (χ1) is 9.22. The molecule has 1 unspecified atom stereocenters. The maximum Gasteiger partial charge on any atom is 0.243 e. The van der Waals surface area contributed by atoms with Crippen LogP contribution in [0.3, 0.4) is 0 Å². The van der Waals surface area contributed by atoms with Crippen molar-refractivity contribution >= 4 is 5.84 Å². The highest BCUT2D eigenvalue weighted by molar-refractivity contribution is 5.97. The number of amidine groups is 1. The molecule has 1 aromatic rings. The predicted molar refractivity (Wildman–Crippen MR) is 73.3 cm³/mol. The van der Waals surface area contributed by atoms with Crippen LogP contribution in [0.1, 0.15) is 45.2 Å². The molecule has 106 valence electrons. The molecule has 0 aliphatic rings. The molecule has 0 spiro atoms. The van der Waals surface area contributed by atoms with Gasteiger partial charge in [0.25, 0.3) is 0 Å². The molecule has 1 heterocycles. The fraction of sp³-hybridized carbons (Fsp3) is 0.615. The normalized spacial score (nSPS) is 13.3. The Labute approximate surface area is 113 Å². The van der Waals surface area contributed by atoms with E-state index in [0.717, 1.165) is 12.8 Å². The van der Waals surface area contributed by atoms with Crippen LogP contribution in [-0.4, -0.2) is 27.6 Å². The molecule has 1 rings (SSSR count). The van der Waals surface area contributed by atoms with Crippen LogP contribution in [0, 0.1) is 5.92 Å². The van der Waals surface area contributed by atoms with Crippen LogP contribution in [-0.2, 0) is 0 Å². The average Bonchev–Trinajstić information content (AvgIpc) is 2.47. The first-order valence-corrected chi connectivity index (χ1v) is 6.64. The van der Waals surface area contributed by atoms with Gasteiger partial charge < -0.3 is 15.7 Å². The molecule has 1 atom stereocenters.